The molecule has 2 rings (SSSR count). The summed E-state index contributed by atoms with van der Waals surface area (Å²) in [7, 11) is 1.73. The molecule has 2 N–H and O–H groups in total. The summed E-state index contributed by atoms with van der Waals surface area (Å²) in [5.41, 5.74) is 2.38. The second kappa shape index (κ2) is 8.03. The highest BCUT2D eigenvalue weighted by atomic mass is 16.5. The van der Waals surface area contributed by atoms with Crippen LogP contribution in [-0.4, -0.2) is 38.7 Å². The van der Waals surface area contributed by atoms with E-state index in [1.807, 2.05) is 6.92 Å². The zero-order valence-electron chi connectivity index (χ0n) is 13.8. The van der Waals surface area contributed by atoms with Gasteiger partial charge in [0.15, 0.2) is 0 Å². The maximum absolute atomic E-state index is 11.0. The highest BCUT2D eigenvalue weighted by Gasteiger charge is 2.16. The second-order valence-electron chi connectivity index (χ2n) is 5.93. The molecule has 1 amide bonds. The van der Waals surface area contributed by atoms with Gasteiger partial charge >= 0.3 is 0 Å². The van der Waals surface area contributed by atoms with Crippen molar-refractivity contribution in [2.24, 2.45) is 0 Å². The molecule has 0 radical (unpaired) electrons. The van der Waals surface area contributed by atoms with E-state index in [0.717, 1.165) is 31.9 Å². The van der Waals surface area contributed by atoms with E-state index in [0.29, 0.717) is 0 Å². The number of carbonyl (C=O) groups is 1. The number of amides is 1. The lowest BCUT2D eigenvalue weighted by molar-refractivity contribution is -0.119. The molecule has 0 saturated carbocycles. The number of carbonyl (C=O) groups excluding carboxylic acids is 1. The lowest BCUT2D eigenvalue weighted by atomic mass is 10.1. The number of hydrogen-bond acceptors (Lipinski definition) is 4. The van der Waals surface area contributed by atoms with Crippen molar-refractivity contribution in [3.8, 4) is 5.75 Å². The first-order chi connectivity index (χ1) is 10.6. The van der Waals surface area contributed by atoms with Gasteiger partial charge in [-0.05, 0) is 37.5 Å². The van der Waals surface area contributed by atoms with Crippen molar-refractivity contribution in [1.82, 2.24) is 10.6 Å². The average molecular weight is 305 g/mol. The Balaban J connectivity index is 1.90. The summed E-state index contributed by atoms with van der Waals surface area (Å²) in [6.45, 7) is 7.27. The third-order valence-electron chi connectivity index (χ3n) is 3.92. The van der Waals surface area contributed by atoms with Gasteiger partial charge in [0.05, 0.1) is 12.8 Å². The minimum Gasteiger partial charge on any atom is -0.495 e. The molecule has 122 valence electrons. The van der Waals surface area contributed by atoms with E-state index in [4.69, 9.17) is 4.74 Å². The van der Waals surface area contributed by atoms with E-state index >= 15 is 0 Å². The summed E-state index contributed by atoms with van der Waals surface area (Å²) in [6.07, 6.45) is 2.51. The Labute approximate surface area is 133 Å². The van der Waals surface area contributed by atoms with Crippen molar-refractivity contribution >= 4 is 11.6 Å². The minimum atomic E-state index is 0.00550. The number of rotatable bonds is 7. The molecule has 1 saturated heterocycles. The average Bonchev–Trinajstić information content (AvgIpc) is 3.00. The normalized spacial score (nSPS) is 15.7. The monoisotopic (exact) mass is 305 g/mol. The van der Waals surface area contributed by atoms with Crippen LogP contribution in [0.1, 0.15) is 32.3 Å². The van der Waals surface area contributed by atoms with Gasteiger partial charge in [0.1, 0.15) is 5.75 Å². The zero-order valence-corrected chi connectivity index (χ0v) is 13.8. The fourth-order valence-electron chi connectivity index (χ4n) is 2.88. The quantitative estimate of drug-likeness (QED) is 0.808. The highest BCUT2D eigenvalue weighted by Crippen LogP contribution is 2.31. The molecule has 0 aromatic heterocycles. The standard InChI is InChI=1S/C17H27N3O2/c1-13(19-14(2)21)11-18-12-15-6-7-16(17(10-15)22-3)20-8-4-5-9-20/h6-7,10,13,18H,4-5,8-9,11-12H2,1-3H3,(H,19,21). The van der Waals surface area contributed by atoms with Gasteiger partial charge in [-0.25, -0.2) is 0 Å². The van der Waals surface area contributed by atoms with E-state index in [1.165, 1.54) is 24.1 Å². The van der Waals surface area contributed by atoms with Crippen LogP contribution in [0, 0.1) is 0 Å². The van der Waals surface area contributed by atoms with E-state index < -0.39 is 0 Å². The van der Waals surface area contributed by atoms with E-state index in [1.54, 1.807) is 14.0 Å². The van der Waals surface area contributed by atoms with E-state index in [2.05, 4.69) is 33.7 Å². The first-order valence-corrected chi connectivity index (χ1v) is 8.00. The number of benzene rings is 1. The molecule has 0 spiro atoms. The van der Waals surface area contributed by atoms with Crippen LogP contribution in [0.3, 0.4) is 0 Å². The number of nitrogens with zero attached hydrogens (tertiary/aromatic N) is 1. The van der Waals surface area contributed by atoms with Crippen LogP contribution >= 0.6 is 0 Å². The summed E-state index contributed by atoms with van der Waals surface area (Å²) in [6, 6.07) is 6.53. The Bertz CT molecular complexity index is 499. The van der Waals surface area contributed by atoms with Crippen LogP contribution in [0.2, 0.25) is 0 Å². The molecule has 22 heavy (non-hydrogen) atoms. The first-order valence-electron chi connectivity index (χ1n) is 8.00. The van der Waals surface area contributed by atoms with Crippen LogP contribution in [0.5, 0.6) is 5.75 Å². The molecule has 1 unspecified atom stereocenters. The van der Waals surface area contributed by atoms with E-state index in [-0.39, 0.29) is 11.9 Å². The molecule has 1 fully saturated rings. The second-order valence-corrected chi connectivity index (χ2v) is 5.93. The maximum Gasteiger partial charge on any atom is 0.217 e. The third-order valence-corrected chi connectivity index (χ3v) is 3.92. The van der Waals surface area contributed by atoms with Crippen molar-refractivity contribution < 1.29 is 9.53 Å². The van der Waals surface area contributed by atoms with E-state index in [9.17, 15) is 4.79 Å². The molecule has 5 heteroatoms. The van der Waals surface area contributed by atoms with Crippen LogP contribution in [-0.2, 0) is 11.3 Å². The zero-order chi connectivity index (χ0) is 15.9. The Hall–Kier alpha value is -1.75. The van der Waals surface area contributed by atoms with Gasteiger partial charge in [-0.1, -0.05) is 6.07 Å². The maximum atomic E-state index is 11.0. The van der Waals surface area contributed by atoms with Crippen LogP contribution in [0.15, 0.2) is 18.2 Å². The number of anilines is 1. The topological polar surface area (TPSA) is 53.6 Å². The fourth-order valence-corrected chi connectivity index (χ4v) is 2.88. The summed E-state index contributed by atoms with van der Waals surface area (Å²) in [5, 5.41) is 6.23. The van der Waals surface area contributed by atoms with Crippen molar-refractivity contribution in [1.29, 1.82) is 0 Å². The Kier molecular flexibility index (Phi) is 6.07. The molecule has 0 aliphatic carbocycles. The molecule has 1 aliphatic rings. The molecule has 1 aliphatic heterocycles. The molecular weight excluding hydrogens is 278 g/mol. The first kappa shape index (κ1) is 16.6. The van der Waals surface area contributed by atoms with Crippen molar-refractivity contribution in [2.75, 3.05) is 31.6 Å². The molecule has 1 heterocycles. The lowest BCUT2D eigenvalue weighted by Crippen LogP contribution is -2.38. The Morgan fingerprint density at radius 1 is 1.36 bits per heavy atom. The summed E-state index contributed by atoms with van der Waals surface area (Å²) < 4.78 is 5.55. The molecule has 1 aromatic rings. The van der Waals surface area contributed by atoms with Crippen molar-refractivity contribution in [2.45, 2.75) is 39.3 Å². The number of ether oxygens (including phenoxy) is 1. The van der Waals surface area contributed by atoms with Crippen LogP contribution in [0.4, 0.5) is 5.69 Å². The van der Waals surface area contributed by atoms with Gasteiger partial charge in [0, 0.05) is 39.1 Å². The van der Waals surface area contributed by atoms with Crippen molar-refractivity contribution in [3.63, 3.8) is 0 Å². The van der Waals surface area contributed by atoms with Gasteiger partial charge in [0.2, 0.25) is 5.91 Å². The number of hydrogen-bond donors (Lipinski definition) is 2. The summed E-state index contributed by atoms with van der Waals surface area (Å²) >= 11 is 0. The van der Waals surface area contributed by atoms with Gasteiger partial charge in [-0.2, -0.15) is 0 Å². The Morgan fingerprint density at radius 3 is 2.73 bits per heavy atom. The molecule has 0 bridgehead atoms. The SMILES string of the molecule is COc1cc(CNCC(C)NC(C)=O)ccc1N1CCCC1. The Morgan fingerprint density at radius 2 is 2.09 bits per heavy atom. The van der Waals surface area contributed by atoms with Crippen LogP contribution < -0.4 is 20.3 Å². The molecule has 1 aromatic carbocycles. The molecular formula is C17H27N3O2. The predicted octanol–water partition coefficient (Wildman–Crippen LogP) is 1.91. The number of methoxy groups -OCH3 is 1. The lowest BCUT2D eigenvalue weighted by Gasteiger charge is -2.21. The van der Waals surface area contributed by atoms with Gasteiger partial charge in [-0.3, -0.25) is 4.79 Å². The smallest absolute Gasteiger partial charge is 0.217 e. The summed E-state index contributed by atoms with van der Waals surface area (Å²) in [5.74, 6) is 0.946. The number of nitrogens with one attached hydrogen (secondary N) is 2. The van der Waals surface area contributed by atoms with Gasteiger partial charge in [-0.15, -0.1) is 0 Å². The van der Waals surface area contributed by atoms with Gasteiger partial charge < -0.3 is 20.3 Å². The predicted molar refractivity (Wildman–Crippen MR) is 89.4 cm³/mol. The minimum absolute atomic E-state index is 0.00550. The molecule has 1 atom stereocenters. The van der Waals surface area contributed by atoms with Gasteiger partial charge in [0.25, 0.3) is 0 Å². The largest absolute Gasteiger partial charge is 0.495 e. The van der Waals surface area contributed by atoms with Crippen molar-refractivity contribution in [3.05, 3.63) is 23.8 Å². The third kappa shape index (κ3) is 4.63. The fraction of sp³-hybridized carbons (Fsp3) is 0.588. The molecule has 5 nitrogen and oxygen atoms in total. The van der Waals surface area contributed by atoms with Crippen LogP contribution in [0.25, 0.3) is 0 Å². The highest BCUT2D eigenvalue weighted by molar-refractivity contribution is 5.73. The summed E-state index contributed by atoms with van der Waals surface area (Å²) in [4.78, 5) is 13.4.